The molecule has 1 fully saturated rings. The van der Waals surface area contributed by atoms with Crippen molar-refractivity contribution in [2.75, 3.05) is 32.8 Å². The number of hydrogen-bond donors (Lipinski definition) is 2. The van der Waals surface area contributed by atoms with Gasteiger partial charge in [0.05, 0.1) is 6.61 Å². The molecule has 16 heavy (non-hydrogen) atoms. The number of aliphatic hydroxyl groups excluding tert-OH is 1. The van der Waals surface area contributed by atoms with E-state index in [9.17, 15) is 4.79 Å². The molecule has 0 aromatic heterocycles. The van der Waals surface area contributed by atoms with Gasteiger partial charge in [-0.2, -0.15) is 0 Å². The smallest absolute Gasteiger partial charge is 0.410 e. The Kier molecular flexibility index (Phi) is 4.56. The summed E-state index contributed by atoms with van der Waals surface area (Å²) in [5, 5.41) is 11.7. The Morgan fingerprint density at radius 2 is 2.12 bits per heavy atom. The van der Waals surface area contributed by atoms with Gasteiger partial charge in [-0.1, -0.05) is 0 Å². The monoisotopic (exact) mass is 230 g/mol. The third-order valence-corrected chi connectivity index (χ3v) is 2.33. The molecule has 0 aromatic rings. The molecular formula is C11H22N2O3. The molecule has 0 radical (unpaired) electrons. The van der Waals surface area contributed by atoms with E-state index in [1.54, 1.807) is 4.90 Å². The SMILES string of the molecule is CC(C)(C)OC(=O)N1CC(CNCCO)C1. The first-order valence-electron chi connectivity index (χ1n) is 5.72. The standard InChI is InChI=1S/C11H22N2O3/c1-11(2,3)16-10(15)13-7-9(8-13)6-12-4-5-14/h9,12,14H,4-8H2,1-3H3. The summed E-state index contributed by atoms with van der Waals surface area (Å²) in [4.78, 5) is 13.3. The van der Waals surface area contributed by atoms with Crippen LogP contribution < -0.4 is 5.32 Å². The summed E-state index contributed by atoms with van der Waals surface area (Å²) in [7, 11) is 0. The van der Waals surface area contributed by atoms with E-state index >= 15 is 0 Å². The van der Waals surface area contributed by atoms with Crippen LogP contribution in [0, 0.1) is 5.92 Å². The van der Waals surface area contributed by atoms with Crippen molar-refractivity contribution < 1.29 is 14.6 Å². The lowest BCUT2D eigenvalue weighted by atomic mass is 10.0. The number of likely N-dealkylation sites (tertiary alicyclic amines) is 1. The van der Waals surface area contributed by atoms with E-state index in [2.05, 4.69) is 5.32 Å². The Balaban J connectivity index is 2.13. The Bertz CT molecular complexity index is 232. The first kappa shape index (κ1) is 13.3. The largest absolute Gasteiger partial charge is 0.444 e. The lowest BCUT2D eigenvalue weighted by molar-refractivity contribution is -0.000853. The first-order chi connectivity index (χ1) is 7.42. The molecule has 0 saturated carbocycles. The number of carbonyl (C=O) groups is 1. The quantitative estimate of drug-likeness (QED) is 0.688. The van der Waals surface area contributed by atoms with E-state index in [1.165, 1.54) is 0 Å². The summed E-state index contributed by atoms with van der Waals surface area (Å²) in [5.41, 5.74) is -0.419. The van der Waals surface area contributed by atoms with Crippen molar-refractivity contribution in [3.8, 4) is 0 Å². The van der Waals surface area contributed by atoms with Crippen molar-refractivity contribution in [1.82, 2.24) is 10.2 Å². The number of nitrogens with one attached hydrogen (secondary N) is 1. The van der Waals surface area contributed by atoms with Crippen molar-refractivity contribution in [3.63, 3.8) is 0 Å². The summed E-state index contributed by atoms with van der Waals surface area (Å²) >= 11 is 0. The van der Waals surface area contributed by atoms with Crippen LogP contribution in [-0.4, -0.2) is 54.5 Å². The zero-order valence-electron chi connectivity index (χ0n) is 10.3. The highest BCUT2D eigenvalue weighted by atomic mass is 16.6. The van der Waals surface area contributed by atoms with Crippen LogP contribution in [0.2, 0.25) is 0 Å². The van der Waals surface area contributed by atoms with Crippen LogP contribution in [0.4, 0.5) is 4.79 Å². The van der Waals surface area contributed by atoms with Crippen LogP contribution >= 0.6 is 0 Å². The highest BCUT2D eigenvalue weighted by Crippen LogP contribution is 2.18. The Morgan fingerprint density at radius 3 is 2.62 bits per heavy atom. The summed E-state index contributed by atoms with van der Waals surface area (Å²) in [5.74, 6) is 0.485. The maximum absolute atomic E-state index is 11.6. The number of rotatable bonds is 4. The molecule has 1 heterocycles. The molecule has 0 unspecified atom stereocenters. The summed E-state index contributed by atoms with van der Waals surface area (Å²) in [6.45, 7) is 8.70. The third kappa shape index (κ3) is 4.37. The molecule has 2 N–H and O–H groups in total. The van der Waals surface area contributed by atoms with Crippen molar-refractivity contribution in [1.29, 1.82) is 0 Å². The second kappa shape index (κ2) is 5.50. The molecule has 0 atom stereocenters. The molecular weight excluding hydrogens is 208 g/mol. The molecule has 1 aliphatic rings. The first-order valence-corrected chi connectivity index (χ1v) is 5.72. The van der Waals surface area contributed by atoms with Gasteiger partial charge in [0.2, 0.25) is 0 Å². The predicted molar refractivity (Wildman–Crippen MR) is 61.3 cm³/mol. The fourth-order valence-corrected chi connectivity index (χ4v) is 1.56. The van der Waals surface area contributed by atoms with Gasteiger partial charge in [-0.15, -0.1) is 0 Å². The average Bonchev–Trinajstić information content (AvgIpc) is 2.05. The molecule has 0 spiro atoms. The zero-order valence-corrected chi connectivity index (χ0v) is 10.3. The van der Waals surface area contributed by atoms with E-state index in [0.29, 0.717) is 12.5 Å². The number of carbonyl (C=O) groups excluding carboxylic acids is 1. The molecule has 1 rings (SSSR count). The Labute approximate surface area is 96.8 Å². The van der Waals surface area contributed by atoms with E-state index in [-0.39, 0.29) is 12.7 Å². The van der Waals surface area contributed by atoms with E-state index in [1.807, 2.05) is 20.8 Å². The fraction of sp³-hybridized carbons (Fsp3) is 0.909. The van der Waals surface area contributed by atoms with Gasteiger partial charge in [-0.25, -0.2) is 4.79 Å². The number of nitrogens with zero attached hydrogens (tertiary/aromatic N) is 1. The maximum Gasteiger partial charge on any atom is 0.410 e. The molecule has 0 aromatic carbocycles. The summed E-state index contributed by atoms with van der Waals surface area (Å²) in [6.07, 6.45) is -0.231. The number of ether oxygens (including phenoxy) is 1. The molecule has 1 saturated heterocycles. The van der Waals surface area contributed by atoms with Crippen LogP contribution in [-0.2, 0) is 4.74 Å². The van der Waals surface area contributed by atoms with E-state index in [4.69, 9.17) is 9.84 Å². The number of aliphatic hydroxyl groups is 1. The van der Waals surface area contributed by atoms with Crippen molar-refractivity contribution in [3.05, 3.63) is 0 Å². The summed E-state index contributed by atoms with van der Waals surface area (Å²) < 4.78 is 5.24. The van der Waals surface area contributed by atoms with E-state index in [0.717, 1.165) is 19.6 Å². The normalized spacial score (nSPS) is 17.1. The maximum atomic E-state index is 11.6. The van der Waals surface area contributed by atoms with Crippen molar-refractivity contribution in [2.45, 2.75) is 26.4 Å². The average molecular weight is 230 g/mol. The second-order valence-electron chi connectivity index (χ2n) is 5.18. The second-order valence-corrected chi connectivity index (χ2v) is 5.18. The number of amides is 1. The van der Waals surface area contributed by atoms with Gasteiger partial charge >= 0.3 is 6.09 Å². The van der Waals surface area contributed by atoms with Gasteiger partial charge in [0.25, 0.3) is 0 Å². The highest BCUT2D eigenvalue weighted by Gasteiger charge is 2.33. The van der Waals surface area contributed by atoms with Gasteiger partial charge in [0.15, 0.2) is 0 Å². The Morgan fingerprint density at radius 1 is 1.50 bits per heavy atom. The topological polar surface area (TPSA) is 61.8 Å². The van der Waals surface area contributed by atoms with Gasteiger partial charge in [-0.05, 0) is 20.8 Å². The van der Waals surface area contributed by atoms with E-state index < -0.39 is 5.60 Å². The van der Waals surface area contributed by atoms with Gasteiger partial charge in [0, 0.05) is 32.1 Å². The molecule has 5 nitrogen and oxygen atoms in total. The highest BCUT2D eigenvalue weighted by molar-refractivity contribution is 5.69. The van der Waals surface area contributed by atoms with Crippen LogP contribution in [0.15, 0.2) is 0 Å². The molecule has 0 aliphatic carbocycles. The minimum Gasteiger partial charge on any atom is -0.444 e. The minimum absolute atomic E-state index is 0.155. The van der Waals surface area contributed by atoms with Gasteiger partial charge in [0.1, 0.15) is 5.60 Å². The molecule has 5 heteroatoms. The Hall–Kier alpha value is -0.810. The number of hydrogen-bond acceptors (Lipinski definition) is 4. The lowest BCUT2D eigenvalue weighted by Gasteiger charge is -2.39. The third-order valence-electron chi connectivity index (χ3n) is 2.33. The molecule has 1 aliphatic heterocycles. The van der Waals surface area contributed by atoms with Crippen molar-refractivity contribution >= 4 is 6.09 Å². The van der Waals surface area contributed by atoms with Crippen molar-refractivity contribution in [2.24, 2.45) is 5.92 Å². The lowest BCUT2D eigenvalue weighted by Crippen LogP contribution is -2.54. The fourth-order valence-electron chi connectivity index (χ4n) is 1.56. The van der Waals surface area contributed by atoms with Crippen LogP contribution in [0.5, 0.6) is 0 Å². The molecule has 94 valence electrons. The summed E-state index contributed by atoms with van der Waals surface area (Å²) in [6, 6.07) is 0. The predicted octanol–water partition coefficient (Wildman–Crippen LogP) is 0.435. The minimum atomic E-state index is -0.419. The molecule has 0 bridgehead atoms. The zero-order chi connectivity index (χ0) is 12.2. The van der Waals surface area contributed by atoms with Crippen LogP contribution in [0.3, 0.4) is 0 Å². The molecule has 1 amide bonds. The van der Waals surface area contributed by atoms with Crippen LogP contribution in [0.25, 0.3) is 0 Å². The van der Waals surface area contributed by atoms with Gasteiger partial charge < -0.3 is 20.1 Å². The van der Waals surface area contributed by atoms with Crippen LogP contribution in [0.1, 0.15) is 20.8 Å². The van der Waals surface area contributed by atoms with Gasteiger partial charge in [-0.3, -0.25) is 0 Å².